The van der Waals surface area contributed by atoms with Crippen molar-refractivity contribution in [2.45, 2.75) is 71.5 Å². The lowest BCUT2D eigenvalue weighted by molar-refractivity contribution is 0.0732. The lowest BCUT2D eigenvalue weighted by atomic mass is 9.92. The average Bonchev–Trinajstić information content (AvgIpc) is 3.83. The van der Waals surface area contributed by atoms with Gasteiger partial charge in [0.1, 0.15) is 5.58 Å². The first-order valence-corrected chi connectivity index (χ1v) is 19.9. The SMILES string of the molecule is COC[C@H]1CN(c2cc(C)c3c4c(c(=O)oc3c2C)CN(C(=O)c2ccc(C(=O)NS(=O)(=O)N3CCCC3)c(N3CCC[C@@H]3C)c2)CC4)CCN1C. The van der Waals surface area contributed by atoms with Crippen LogP contribution >= 0.6 is 0 Å². The van der Waals surface area contributed by atoms with Gasteiger partial charge < -0.3 is 23.9 Å². The number of carbonyl (C=O) groups is 2. The van der Waals surface area contributed by atoms with E-state index < -0.39 is 21.7 Å². The maximum Gasteiger partial charge on any atom is 0.341 e. The summed E-state index contributed by atoms with van der Waals surface area (Å²) in [6.07, 6.45) is 3.85. The summed E-state index contributed by atoms with van der Waals surface area (Å²) in [6, 6.07) is 7.38. The maximum absolute atomic E-state index is 14.1. The number of piperazine rings is 1. The molecule has 1 N–H and O–H groups in total. The van der Waals surface area contributed by atoms with Gasteiger partial charge in [-0.25, -0.2) is 9.52 Å². The molecule has 52 heavy (non-hydrogen) atoms. The molecule has 2 atom stereocenters. The van der Waals surface area contributed by atoms with E-state index in [1.165, 1.54) is 4.31 Å². The van der Waals surface area contributed by atoms with Gasteiger partial charge in [0.2, 0.25) is 0 Å². The van der Waals surface area contributed by atoms with E-state index in [0.29, 0.717) is 61.6 Å². The second-order valence-corrected chi connectivity index (χ2v) is 16.5. The molecule has 3 aromatic rings. The van der Waals surface area contributed by atoms with Crippen molar-refractivity contribution in [3.63, 3.8) is 0 Å². The highest BCUT2D eigenvalue weighted by atomic mass is 32.2. The molecule has 4 aliphatic rings. The topological polar surface area (TPSA) is 136 Å². The monoisotopic (exact) mass is 734 g/mol. The molecular weight excluding hydrogens is 685 g/mol. The van der Waals surface area contributed by atoms with E-state index in [1.54, 1.807) is 30.2 Å². The van der Waals surface area contributed by atoms with Crippen LogP contribution in [0.3, 0.4) is 0 Å². The first kappa shape index (κ1) is 36.4. The zero-order valence-electron chi connectivity index (χ0n) is 30.9. The number of nitrogens with zero attached hydrogens (tertiary/aromatic N) is 5. The largest absolute Gasteiger partial charge is 0.422 e. The van der Waals surface area contributed by atoms with E-state index in [2.05, 4.69) is 46.4 Å². The molecule has 1 aromatic heterocycles. The van der Waals surface area contributed by atoms with Crippen molar-refractivity contribution < 1.29 is 27.2 Å². The third-order valence-electron chi connectivity index (χ3n) is 11.5. The molecule has 0 unspecified atom stereocenters. The molecule has 14 heteroatoms. The van der Waals surface area contributed by atoms with Gasteiger partial charge in [-0.3, -0.25) is 14.5 Å². The molecule has 280 valence electrons. The molecular formula is C38H50N6O7S. The van der Waals surface area contributed by atoms with Crippen molar-refractivity contribution in [1.29, 1.82) is 0 Å². The third kappa shape index (κ3) is 6.70. The fourth-order valence-corrected chi connectivity index (χ4v) is 9.74. The van der Waals surface area contributed by atoms with Crippen molar-refractivity contribution >= 4 is 44.4 Å². The molecule has 2 aromatic carbocycles. The van der Waals surface area contributed by atoms with Crippen molar-refractivity contribution in [3.05, 3.63) is 68.1 Å². The number of benzene rings is 2. The number of amides is 2. The number of hydrogen-bond donors (Lipinski definition) is 1. The van der Waals surface area contributed by atoms with Gasteiger partial charge in [0.05, 0.1) is 36.0 Å². The van der Waals surface area contributed by atoms with Gasteiger partial charge in [0, 0.05) is 81.2 Å². The summed E-state index contributed by atoms with van der Waals surface area (Å²) in [5, 5.41) is 0.940. The third-order valence-corrected chi connectivity index (χ3v) is 13.0. The van der Waals surface area contributed by atoms with Crippen molar-refractivity contribution in [2.75, 3.05) is 76.4 Å². The lowest BCUT2D eigenvalue weighted by Gasteiger charge is -2.41. The minimum absolute atomic E-state index is 0.107. The van der Waals surface area contributed by atoms with Gasteiger partial charge in [-0.05, 0) is 95.3 Å². The Labute approximate surface area is 305 Å². The van der Waals surface area contributed by atoms with Crippen LogP contribution in [0.1, 0.15) is 75.6 Å². The Bertz CT molecular complexity index is 2060. The number of rotatable bonds is 8. The number of anilines is 2. The van der Waals surface area contributed by atoms with Crippen LogP contribution in [0.25, 0.3) is 11.0 Å². The first-order valence-electron chi connectivity index (χ1n) is 18.4. The summed E-state index contributed by atoms with van der Waals surface area (Å²) in [5.41, 5.74) is 5.71. The van der Waals surface area contributed by atoms with Crippen molar-refractivity contribution in [2.24, 2.45) is 0 Å². The first-order chi connectivity index (χ1) is 24.9. The Morgan fingerprint density at radius 1 is 0.981 bits per heavy atom. The molecule has 3 fully saturated rings. The van der Waals surface area contributed by atoms with Crippen LogP contribution in [0.4, 0.5) is 11.4 Å². The number of likely N-dealkylation sites (N-methyl/N-ethyl adjacent to an activating group) is 1. The van der Waals surface area contributed by atoms with Crippen molar-refractivity contribution in [1.82, 2.24) is 18.8 Å². The normalized spacial score (nSPS) is 21.6. The van der Waals surface area contributed by atoms with Gasteiger partial charge in [0.15, 0.2) is 0 Å². The van der Waals surface area contributed by atoms with Gasteiger partial charge in [-0.15, -0.1) is 0 Å². The number of aryl methyl sites for hydroxylation is 2. The number of fused-ring (bicyclic) bond motifs is 3. The molecule has 13 nitrogen and oxygen atoms in total. The quantitative estimate of drug-likeness (QED) is 0.343. The second kappa shape index (κ2) is 14.4. The predicted octanol–water partition coefficient (Wildman–Crippen LogP) is 3.43. The molecule has 0 aliphatic carbocycles. The van der Waals surface area contributed by atoms with Gasteiger partial charge in [0.25, 0.3) is 11.8 Å². The Balaban J connectivity index is 1.16. The van der Waals surface area contributed by atoms with Crippen LogP contribution < -0.4 is 20.1 Å². The van der Waals surface area contributed by atoms with Gasteiger partial charge >= 0.3 is 15.8 Å². The minimum Gasteiger partial charge on any atom is -0.422 e. The molecule has 4 aliphatic heterocycles. The summed E-state index contributed by atoms with van der Waals surface area (Å²) in [5.74, 6) is -0.980. The van der Waals surface area contributed by atoms with Crippen LogP contribution in [-0.2, 0) is 27.9 Å². The Morgan fingerprint density at radius 3 is 2.46 bits per heavy atom. The highest BCUT2D eigenvalue weighted by Gasteiger charge is 2.33. The predicted molar refractivity (Wildman–Crippen MR) is 201 cm³/mol. The number of methoxy groups -OCH3 is 1. The average molecular weight is 735 g/mol. The van der Waals surface area contributed by atoms with Crippen LogP contribution in [0, 0.1) is 13.8 Å². The van der Waals surface area contributed by atoms with E-state index >= 15 is 0 Å². The molecule has 0 radical (unpaired) electrons. The van der Waals surface area contributed by atoms with Crippen LogP contribution in [0.15, 0.2) is 33.5 Å². The molecule has 3 saturated heterocycles. The standard InChI is InChI=1S/C38H50N6O7S/c1-24-19-32(41-18-17-40(4)28(21-41)23-50-5)26(3)35-34(24)29-12-16-42(22-31(29)38(47)51-35)37(46)27-10-11-30(33(20-27)44-15-8-9-25(44)2)36(45)39-52(48,49)43-13-6-7-14-43/h10-11,19-20,25,28H,6-9,12-18,21-23H2,1-5H3,(H,39,45)/t25-,28+/m0/s1. The number of ether oxygens (including phenoxy) is 1. The van der Waals surface area contributed by atoms with E-state index in [9.17, 15) is 22.8 Å². The number of nitrogens with one attached hydrogen (secondary N) is 1. The second-order valence-electron chi connectivity index (χ2n) is 14.9. The Hall–Kier alpha value is -3.98. The van der Waals surface area contributed by atoms with E-state index in [1.807, 2.05) is 6.92 Å². The number of hydrogen-bond acceptors (Lipinski definition) is 10. The summed E-state index contributed by atoms with van der Waals surface area (Å²) in [7, 11) is -0.142. The van der Waals surface area contributed by atoms with E-state index in [4.69, 9.17) is 9.15 Å². The molecule has 0 bridgehead atoms. The summed E-state index contributed by atoms with van der Waals surface area (Å²) < 4.78 is 41.0. The fourth-order valence-electron chi connectivity index (χ4n) is 8.52. The van der Waals surface area contributed by atoms with E-state index in [0.717, 1.165) is 73.1 Å². The molecule has 7 rings (SSSR count). The van der Waals surface area contributed by atoms with Gasteiger partial charge in [-0.2, -0.15) is 12.7 Å². The van der Waals surface area contributed by atoms with Gasteiger partial charge in [-0.1, -0.05) is 0 Å². The molecule has 2 amide bonds. The smallest absolute Gasteiger partial charge is 0.341 e. The fraction of sp³-hybridized carbons (Fsp3) is 0.553. The minimum atomic E-state index is -3.98. The lowest BCUT2D eigenvalue weighted by Crippen LogP contribution is -2.53. The van der Waals surface area contributed by atoms with Crippen molar-refractivity contribution in [3.8, 4) is 0 Å². The zero-order chi connectivity index (χ0) is 36.9. The summed E-state index contributed by atoms with van der Waals surface area (Å²) in [4.78, 5) is 49.7. The Morgan fingerprint density at radius 2 is 1.75 bits per heavy atom. The number of carbonyl (C=O) groups excluding carboxylic acids is 2. The maximum atomic E-state index is 14.1. The molecule has 0 spiro atoms. The highest BCUT2D eigenvalue weighted by Crippen LogP contribution is 2.37. The molecule has 5 heterocycles. The zero-order valence-corrected chi connectivity index (χ0v) is 31.7. The Kier molecular flexibility index (Phi) is 10.1. The summed E-state index contributed by atoms with van der Waals surface area (Å²) >= 11 is 0. The van der Waals surface area contributed by atoms with Crippen LogP contribution in [0.5, 0.6) is 0 Å². The highest BCUT2D eigenvalue weighted by molar-refractivity contribution is 7.87. The van der Waals surface area contributed by atoms with Crippen LogP contribution in [0.2, 0.25) is 0 Å². The van der Waals surface area contributed by atoms with Crippen LogP contribution in [-0.4, -0.2) is 113 Å². The molecule has 0 saturated carbocycles. The van der Waals surface area contributed by atoms with E-state index in [-0.39, 0.29) is 30.1 Å². The summed E-state index contributed by atoms with van der Waals surface area (Å²) in [6.45, 7) is 11.3.